The second-order valence-electron chi connectivity index (χ2n) is 3.75. The van der Waals surface area contributed by atoms with Crippen LogP contribution in [0.2, 0.25) is 0 Å². The molecule has 1 unspecified atom stereocenters. The maximum atomic E-state index is 11.0. The lowest BCUT2D eigenvalue weighted by molar-refractivity contribution is -0.138. The van der Waals surface area contributed by atoms with Gasteiger partial charge in [-0.15, -0.1) is 0 Å². The number of carbonyl (C=O) groups is 1. The third kappa shape index (κ3) is 1.74. The topological polar surface area (TPSA) is 40.5 Å². The lowest BCUT2D eigenvalue weighted by Crippen LogP contribution is -2.42. The highest BCUT2D eigenvalue weighted by Crippen LogP contribution is 2.35. The molecular weight excluding hydrogens is 258 g/mol. The van der Waals surface area contributed by atoms with Crippen LogP contribution in [0.4, 0.5) is 5.69 Å². The Balaban J connectivity index is 2.45. The number of carboxylic acid groups (broad SMARTS) is 1. The molecule has 1 aliphatic heterocycles. The summed E-state index contributed by atoms with van der Waals surface area (Å²) in [6, 6.07) is 5.57. The molecule has 0 fully saturated rings. The zero-order valence-electron chi connectivity index (χ0n) is 8.40. The number of fused-ring (bicyclic) bond motifs is 1. The number of rotatable bonds is 1. The predicted octanol–water partition coefficient (Wildman–Crippen LogP) is 2.28. The molecule has 0 amide bonds. The number of benzene rings is 1. The minimum absolute atomic E-state index is 0.406. The largest absolute Gasteiger partial charge is 0.480 e. The van der Waals surface area contributed by atoms with Gasteiger partial charge < -0.3 is 10.0 Å². The highest BCUT2D eigenvalue weighted by Gasteiger charge is 2.29. The van der Waals surface area contributed by atoms with E-state index in [9.17, 15) is 4.79 Å². The van der Waals surface area contributed by atoms with Gasteiger partial charge in [0, 0.05) is 11.5 Å². The van der Waals surface area contributed by atoms with E-state index in [2.05, 4.69) is 22.0 Å². The Labute approximate surface area is 96.8 Å². The predicted molar refractivity (Wildman–Crippen MR) is 62.3 cm³/mol. The molecule has 1 aromatic rings. The van der Waals surface area contributed by atoms with Gasteiger partial charge in [0.25, 0.3) is 0 Å². The molecule has 0 aliphatic carbocycles. The summed E-state index contributed by atoms with van der Waals surface area (Å²) >= 11 is 3.46. The van der Waals surface area contributed by atoms with Gasteiger partial charge in [0.1, 0.15) is 6.04 Å². The molecule has 3 nitrogen and oxygen atoms in total. The van der Waals surface area contributed by atoms with Crippen LogP contribution in [-0.2, 0) is 11.2 Å². The van der Waals surface area contributed by atoms with Crippen molar-refractivity contribution in [3.63, 3.8) is 0 Å². The molecule has 2 rings (SSSR count). The zero-order valence-corrected chi connectivity index (χ0v) is 9.99. The number of aliphatic carboxylic acids is 1. The number of aryl methyl sites for hydroxylation is 1. The fourth-order valence-electron chi connectivity index (χ4n) is 2.09. The van der Waals surface area contributed by atoms with Crippen LogP contribution >= 0.6 is 15.9 Å². The van der Waals surface area contributed by atoms with Crippen molar-refractivity contribution in [2.45, 2.75) is 18.9 Å². The molecule has 1 heterocycles. The van der Waals surface area contributed by atoms with Crippen LogP contribution in [0, 0.1) is 0 Å². The number of carboxylic acids is 1. The summed E-state index contributed by atoms with van der Waals surface area (Å²) < 4.78 is 0.966. The van der Waals surface area contributed by atoms with Gasteiger partial charge in [-0.1, -0.05) is 12.1 Å². The van der Waals surface area contributed by atoms with Crippen LogP contribution in [-0.4, -0.2) is 24.2 Å². The van der Waals surface area contributed by atoms with E-state index in [1.165, 1.54) is 5.56 Å². The Morgan fingerprint density at radius 1 is 1.60 bits per heavy atom. The molecule has 80 valence electrons. The number of hydrogen-bond acceptors (Lipinski definition) is 2. The van der Waals surface area contributed by atoms with Crippen molar-refractivity contribution in [1.82, 2.24) is 0 Å². The number of para-hydroxylation sites is 1. The van der Waals surface area contributed by atoms with Crippen molar-refractivity contribution >= 4 is 27.6 Å². The van der Waals surface area contributed by atoms with Crippen LogP contribution in [0.3, 0.4) is 0 Å². The minimum atomic E-state index is -0.751. The van der Waals surface area contributed by atoms with E-state index in [1.54, 1.807) is 0 Å². The van der Waals surface area contributed by atoms with Crippen molar-refractivity contribution < 1.29 is 9.90 Å². The molecule has 1 aliphatic rings. The molecule has 1 N–H and O–H groups in total. The van der Waals surface area contributed by atoms with E-state index in [0.717, 1.165) is 16.6 Å². The Bertz CT molecular complexity index is 406. The highest BCUT2D eigenvalue weighted by molar-refractivity contribution is 9.10. The maximum Gasteiger partial charge on any atom is 0.326 e. The standard InChI is InChI=1S/C11H12BrNO2/c1-13-9(11(14)15)6-5-7-3-2-4-8(12)10(7)13/h2-4,9H,5-6H2,1H3,(H,14,15). The molecule has 1 aromatic carbocycles. The van der Waals surface area contributed by atoms with Gasteiger partial charge in [0.05, 0.1) is 5.69 Å². The van der Waals surface area contributed by atoms with Gasteiger partial charge in [-0.25, -0.2) is 4.79 Å². The van der Waals surface area contributed by atoms with Crippen molar-refractivity contribution in [3.8, 4) is 0 Å². The number of likely N-dealkylation sites (N-methyl/N-ethyl adjacent to an activating group) is 1. The van der Waals surface area contributed by atoms with E-state index in [0.29, 0.717) is 6.42 Å². The Morgan fingerprint density at radius 3 is 3.00 bits per heavy atom. The van der Waals surface area contributed by atoms with Crippen LogP contribution < -0.4 is 4.90 Å². The molecule has 0 spiro atoms. The first-order valence-corrected chi connectivity index (χ1v) is 5.63. The van der Waals surface area contributed by atoms with Crippen LogP contribution in [0.5, 0.6) is 0 Å². The summed E-state index contributed by atoms with van der Waals surface area (Å²) in [4.78, 5) is 12.9. The van der Waals surface area contributed by atoms with E-state index >= 15 is 0 Å². The average molecular weight is 270 g/mol. The molecule has 0 bridgehead atoms. The van der Waals surface area contributed by atoms with Crippen LogP contribution in [0.1, 0.15) is 12.0 Å². The normalized spacial score (nSPS) is 19.9. The molecule has 0 saturated heterocycles. The van der Waals surface area contributed by atoms with Gasteiger partial charge in [-0.2, -0.15) is 0 Å². The van der Waals surface area contributed by atoms with Gasteiger partial charge in [-0.3, -0.25) is 0 Å². The number of nitrogens with zero attached hydrogens (tertiary/aromatic N) is 1. The van der Waals surface area contributed by atoms with E-state index in [-0.39, 0.29) is 0 Å². The summed E-state index contributed by atoms with van der Waals surface area (Å²) in [6.45, 7) is 0. The van der Waals surface area contributed by atoms with Crippen molar-refractivity contribution in [2.24, 2.45) is 0 Å². The smallest absolute Gasteiger partial charge is 0.326 e. The third-order valence-corrected chi connectivity index (χ3v) is 3.50. The van der Waals surface area contributed by atoms with Crippen molar-refractivity contribution in [1.29, 1.82) is 0 Å². The minimum Gasteiger partial charge on any atom is -0.480 e. The lowest BCUT2D eigenvalue weighted by Gasteiger charge is -2.34. The summed E-state index contributed by atoms with van der Waals surface area (Å²) in [5.74, 6) is -0.751. The fraction of sp³-hybridized carbons (Fsp3) is 0.364. The number of halogens is 1. The van der Waals surface area contributed by atoms with Crippen molar-refractivity contribution in [2.75, 3.05) is 11.9 Å². The van der Waals surface area contributed by atoms with E-state index in [1.807, 2.05) is 24.1 Å². The van der Waals surface area contributed by atoms with E-state index < -0.39 is 12.0 Å². The second-order valence-corrected chi connectivity index (χ2v) is 4.61. The van der Waals surface area contributed by atoms with Gasteiger partial charge in [-0.05, 0) is 40.4 Å². The lowest BCUT2D eigenvalue weighted by atomic mass is 9.96. The third-order valence-electron chi connectivity index (χ3n) is 2.86. The van der Waals surface area contributed by atoms with Crippen molar-refractivity contribution in [3.05, 3.63) is 28.2 Å². The first-order chi connectivity index (χ1) is 7.11. The van der Waals surface area contributed by atoms with Gasteiger partial charge in [0.15, 0.2) is 0 Å². The summed E-state index contributed by atoms with van der Waals surface area (Å²) in [5.41, 5.74) is 2.22. The monoisotopic (exact) mass is 269 g/mol. The molecule has 4 heteroatoms. The first-order valence-electron chi connectivity index (χ1n) is 4.84. The average Bonchev–Trinajstić information content (AvgIpc) is 2.17. The highest BCUT2D eigenvalue weighted by atomic mass is 79.9. The van der Waals surface area contributed by atoms with E-state index in [4.69, 9.17) is 5.11 Å². The Kier molecular flexibility index (Phi) is 2.69. The fourth-order valence-corrected chi connectivity index (χ4v) is 2.77. The first kappa shape index (κ1) is 10.5. The molecule has 0 aromatic heterocycles. The number of hydrogen-bond donors (Lipinski definition) is 1. The quantitative estimate of drug-likeness (QED) is 0.851. The van der Waals surface area contributed by atoms with Crippen LogP contribution in [0.25, 0.3) is 0 Å². The SMILES string of the molecule is CN1c2c(Br)cccc2CCC1C(=O)O. The summed E-state index contributed by atoms with van der Waals surface area (Å²) in [5, 5.41) is 9.07. The van der Waals surface area contributed by atoms with Gasteiger partial charge in [0.2, 0.25) is 0 Å². The van der Waals surface area contributed by atoms with Gasteiger partial charge >= 0.3 is 5.97 Å². The number of anilines is 1. The zero-order chi connectivity index (χ0) is 11.0. The molecule has 15 heavy (non-hydrogen) atoms. The summed E-state index contributed by atoms with van der Waals surface area (Å²) in [7, 11) is 1.83. The Hall–Kier alpha value is -1.03. The second kappa shape index (κ2) is 3.85. The van der Waals surface area contributed by atoms with Crippen LogP contribution in [0.15, 0.2) is 22.7 Å². The molecule has 0 radical (unpaired) electrons. The Morgan fingerprint density at radius 2 is 2.33 bits per heavy atom. The summed E-state index contributed by atoms with van der Waals surface area (Å²) in [6.07, 6.45) is 1.51. The molecular formula is C11H12BrNO2. The maximum absolute atomic E-state index is 11.0. The molecule has 1 atom stereocenters. The molecule has 0 saturated carbocycles.